The van der Waals surface area contributed by atoms with Crippen LogP contribution in [0, 0.1) is 0 Å². The van der Waals surface area contributed by atoms with Gasteiger partial charge in [0.15, 0.2) is 11.5 Å². The van der Waals surface area contributed by atoms with Crippen molar-refractivity contribution < 1.29 is 9.47 Å². The Labute approximate surface area is 99.9 Å². The van der Waals surface area contributed by atoms with Gasteiger partial charge in [0.05, 0.1) is 19.9 Å². The molecule has 92 valence electrons. The summed E-state index contributed by atoms with van der Waals surface area (Å²) in [4.78, 5) is 0. The van der Waals surface area contributed by atoms with E-state index in [9.17, 15) is 0 Å². The Morgan fingerprint density at radius 3 is 2.24 bits per heavy atom. The molecule has 0 radical (unpaired) electrons. The normalized spacial score (nSPS) is 10.9. The van der Waals surface area contributed by atoms with Gasteiger partial charge in [-0.25, -0.2) is 0 Å². The van der Waals surface area contributed by atoms with Gasteiger partial charge in [-0.3, -0.25) is 0 Å². The summed E-state index contributed by atoms with van der Waals surface area (Å²) in [5, 5.41) is 7.47. The van der Waals surface area contributed by atoms with Crippen LogP contribution in [0.5, 0.6) is 11.5 Å². The van der Waals surface area contributed by atoms with Gasteiger partial charge >= 0.3 is 0 Å². The molecule has 6 nitrogen and oxygen atoms in total. The van der Waals surface area contributed by atoms with Gasteiger partial charge < -0.3 is 20.9 Å². The fraction of sp³-hybridized carbons (Fsp3) is 0.273. The van der Waals surface area contributed by atoms with Crippen LogP contribution in [0.1, 0.15) is 12.5 Å². The predicted molar refractivity (Wildman–Crippen MR) is 67.6 cm³/mol. The molecule has 0 spiro atoms. The van der Waals surface area contributed by atoms with E-state index in [2.05, 4.69) is 10.2 Å². The lowest BCUT2D eigenvalue weighted by Gasteiger charge is -2.08. The zero-order valence-corrected chi connectivity index (χ0v) is 10.1. The third-order valence-corrected chi connectivity index (χ3v) is 2.12. The largest absolute Gasteiger partial charge is 0.493 e. The zero-order valence-electron chi connectivity index (χ0n) is 10.1. The molecule has 0 amide bonds. The second-order valence-electron chi connectivity index (χ2n) is 3.28. The highest BCUT2D eigenvalue weighted by molar-refractivity contribution is 5.99. The van der Waals surface area contributed by atoms with Gasteiger partial charge in [-0.15, -0.1) is 5.10 Å². The first-order valence-corrected chi connectivity index (χ1v) is 4.94. The molecular formula is C11H16N4O2. The standard InChI is InChI=1S/C11H16N4O2/c1-7(14-15-11(12)13)8-4-5-9(16-2)10(6-8)17-3/h4-6H,1-3H3,(H4,12,13,15)/b14-7+. The summed E-state index contributed by atoms with van der Waals surface area (Å²) in [6.07, 6.45) is 0. The molecule has 0 bridgehead atoms. The lowest BCUT2D eigenvalue weighted by atomic mass is 10.1. The van der Waals surface area contributed by atoms with Crippen LogP contribution in [-0.4, -0.2) is 25.9 Å². The summed E-state index contributed by atoms with van der Waals surface area (Å²) >= 11 is 0. The van der Waals surface area contributed by atoms with Crippen LogP contribution in [0.4, 0.5) is 0 Å². The van der Waals surface area contributed by atoms with Crippen molar-refractivity contribution in [3.05, 3.63) is 23.8 Å². The molecule has 1 rings (SSSR count). The Bertz CT molecular complexity index is 451. The minimum absolute atomic E-state index is 0.0789. The van der Waals surface area contributed by atoms with Gasteiger partial charge in [0.1, 0.15) is 0 Å². The van der Waals surface area contributed by atoms with Crippen LogP contribution in [0.3, 0.4) is 0 Å². The topological polar surface area (TPSA) is 95.2 Å². The Kier molecular flexibility index (Phi) is 4.33. The van der Waals surface area contributed by atoms with E-state index in [1.807, 2.05) is 6.07 Å². The van der Waals surface area contributed by atoms with Crippen molar-refractivity contribution in [3.8, 4) is 11.5 Å². The number of benzene rings is 1. The number of methoxy groups -OCH3 is 2. The lowest BCUT2D eigenvalue weighted by Crippen LogP contribution is -2.22. The SMILES string of the molecule is COc1ccc(/C(C)=N/N=C(N)N)cc1OC. The highest BCUT2D eigenvalue weighted by Gasteiger charge is 2.06. The molecule has 0 unspecified atom stereocenters. The van der Waals surface area contributed by atoms with Crippen LogP contribution in [0.15, 0.2) is 28.4 Å². The highest BCUT2D eigenvalue weighted by Crippen LogP contribution is 2.27. The van der Waals surface area contributed by atoms with Gasteiger partial charge in [-0.05, 0) is 25.1 Å². The fourth-order valence-electron chi connectivity index (χ4n) is 1.25. The minimum atomic E-state index is -0.0789. The minimum Gasteiger partial charge on any atom is -0.493 e. The average Bonchev–Trinajstić information content (AvgIpc) is 2.34. The molecule has 4 N–H and O–H groups in total. The monoisotopic (exact) mass is 236 g/mol. The molecule has 0 aliphatic heterocycles. The van der Waals surface area contributed by atoms with Gasteiger partial charge in [0, 0.05) is 5.56 Å². The third-order valence-electron chi connectivity index (χ3n) is 2.12. The second-order valence-corrected chi connectivity index (χ2v) is 3.28. The van der Waals surface area contributed by atoms with E-state index in [1.54, 1.807) is 33.3 Å². The first-order chi connectivity index (χ1) is 8.08. The number of nitrogens with zero attached hydrogens (tertiary/aromatic N) is 2. The smallest absolute Gasteiger partial charge is 0.211 e. The molecule has 0 aliphatic rings. The van der Waals surface area contributed by atoms with Crippen LogP contribution in [0.2, 0.25) is 0 Å². The predicted octanol–water partition coefficient (Wildman–Crippen LogP) is 0.701. The first-order valence-electron chi connectivity index (χ1n) is 4.94. The first kappa shape index (κ1) is 12.8. The molecule has 1 aromatic carbocycles. The molecule has 6 heteroatoms. The number of rotatable bonds is 4. The van der Waals surface area contributed by atoms with E-state index in [4.69, 9.17) is 20.9 Å². The Balaban J connectivity index is 3.07. The Hall–Kier alpha value is -2.24. The molecule has 0 fully saturated rings. The van der Waals surface area contributed by atoms with Crippen molar-refractivity contribution in [2.24, 2.45) is 21.7 Å². The van der Waals surface area contributed by atoms with Gasteiger partial charge in [0.2, 0.25) is 5.96 Å². The van der Waals surface area contributed by atoms with Crippen molar-refractivity contribution >= 4 is 11.7 Å². The summed E-state index contributed by atoms with van der Waals surface area (Å²) in [7, 11) is 3.15. The van der Waals surface area contributed by atoms with Crippen molar-refractivity contribution in [1.29, 1.82) is 0 Å². The third kappa shape index (κ3) is 3.37. The van der Waals surface area contributed by atoms with Crippen molar-refractivity contribution in [3.63, 3.8) is 0 Å². The molecule has 0 heterocycles. The van der Waals surface area contributed by atoms with Gasteiger partial charge in [-0.1, -0.05) is 0 Å². The molecule has 0 saturated carbocycles. The van der Waals surface area contributed by atoms with E-state index in [0.717, 1.165) is 5.56 Å². The number of hydrogen-bond donors (Lipinski definition) is 2. The highest BCUT2D eigenvalue weighted by atomic mass is 16.5. The molecular weight excluding hydrogens is 220 g/mol. The van der Waals surface area contributed by atoms with E-state index in [-0.39, 0.29) is 5.96 Å². The van der Waals surface area contributed by atoms with E-state index < -0.39 is 0 Å². The summed E-state index contributed by atoms with van der Waals surface area (Å²) in [5.74, 6) is 1.21. The summed E-state index contributed by atoms with van der Waals surface area (Å²) < 4.78 is 10.3. The average molecular weight is 236 g/mol. The zero-order chi connectivity index (χ0) is 12.8. The molecule has 0 aromatic heterocycles. The van der Waals surface area contributed by atoms with Gasteiger partial charge in [0.25, 0.3) is 0 Å². The number of hydrogen-bond acceptors (Lipinski definition) is 4. The maximum atomic E-state index is 5.20. The van der Waals surface area contributed by atoms with Crippen molar-refractivity contribution in [2.75, 3.05) is 14.2 Å². The lowest BCUT2D eigenvalue weighted by molar-refractivity contribution is 0.355. The molecule has 17 heavy (non-hydrogen) atoms. The quantitative estimate of drug-likeness (QED) is 0.457. The molecule has 1 aromatic rings. The van der Waals surface area contributed by atoms with Gasteiger partial charge in [-0.2, -0.15) is 5.10 Å². The molecule has 0 aliphatic carbocycles. The van der Waals surface area contributed by atoms with Crippen LogP contribution >= 0.6 is 0 Å². The van der Waals surface area contributed by atoms with E-state index in [1.165, 1.54) is 0 Å². The van der Waals surface area contributed by atoms with Crippen molar-refractivity contribution in [2.45, 2.75) is 6.92 Å². The summed E-state index contributed by atoms with van der Waals surface area (Å²) in [6, 6.07) is 5.45. The van der Waals surface area contributed by atoms with Crippen LogP contribution < -0.4 is 20.9 Å². The van der Waals surface area contributed by atoms with Crippen LogP contribution in [-0.2, 0) is 0 Å². The van der Waals surface area contributed by atoms with E-state index in [0.29, 0.717) is 17.2 Å². The molecule has 0 saturated heterocycles. The molecule has 0 atom stereocenters. The van der Waals surface area contributed by atoms with Crippen LogP contribution in [0.25, 0.3) is 0 Å². The van der Waals surface area contributed by atoms with Crippen molar-refractivity contribution in [1.82, 2.24) is 0 Å². The fourth-order valence-corrected chi connectivity index (χ4v) is 1.25. The van der Waals surface area contributed by atoms with E-state index >= 15 is 0 Å². The Morgan fingerprint density at radius 1 is 1.06 bits per heavy atom. The summed E-state index contributed by atoms with van der Waals surface area (Å²) in [5.41, 5.74) is 11.9. The Morgan fingerprint density at radius 2 is 1.71 bits per heavy atom. The summed E-state index contributed by atoms with van der Waals surface area (Å²) in [6.45, 7) is 1.80. The number of ether oxygens (including phenoxy) is 2. The maximum Gasteiger partial charge on any atom is 0.211 e. The number of guanidine groups is 1. The number of nitrogens with two attached hydrogens (primary N) is 2. The second kappa shape index (κ2) is 5.74. The maximum absolute atomic E-state index is 5.20.